The minimum atomic E-state index is -4.40. The topological polar surface area (TPSA) is 69.8 Å². The molecule has 0 spiro atoms. The number of halogens is 3. The highest BCUT2D eigenvalue weighted by Gasteiger charge is 2.27. The molecule has 0 aliphatic heterocycles. The van der Waals surface area contributed by atoms with Gasteiger partial charge in [-0.15, -0.1) is 0 Å². The van der Waals surface area contributed by atoms with Gasteiger partial charge in [-0.05, 0) is 0 Å². The van der Waals surface area contributed by atoms with E-state index in [1.54, 1.807) is 5.32 Å². The van der Waals surface area contributed by atoms with Crippen LogP contribution in [0.25, 0.3) is 0 Å². The zero-order chi connectivity index (χ0) is 11.3. The third-order valence-electron chi connectivity index (χ3n) is 1.46. The first kappa shape index (κ1) is 11.3. The minimum absolute atomic E-state index is 0.125. The summed E-state index contributed by atoms with van der Waals surface area (Å²) >= 11 is 0. The van der Waals surface area contributed by atoms with Crippen molar-refractivity contribution in [3.63, 3.8) is 0 Å². The van der Waals surface area contributed by atoms with Crippen LogP contribution in [0.3, 0.4) is 0 Å². The molecule has 3 N–H and O–H groups in total. The number of amides is 2. The number of hydrogen-bond acceptors (Lipinski definition) is 2. The van der Waals surface area contributed by atoms with E-state index in [1.807, 2.05) is 0 Å². The molecule has 0 aliphatic rings. The highest BCUT2D eigenvalue weighted by Crippen LogP contribution is 2.11. The monoisotopic (exact) mass is 222 g/mol. The molecule has 0 saturated carbocycles. The molecule has 0 aromatic carbocycles. The Labute approximate surface area is 83.0 Å². The van der Waals surface area contributed by atoms with Gasteiger partial charge in [0.15, 0.2) is 0 Å². The van der Waals surface area contributed by atoms with Gasteiger partial charge in [0, 0.05) is 18.3 Å². The van der Waals surface area contributed by atoms with E-state index < -0.39 is 18.8 Å². The standard InChI is InChI=1S/C7H9F3N4O/c8-7(9,10)4-12-6(15)11-1-5-2-13-14-3-5/h2-3H,1,4H2,(H,13,14)(H2,11,12,15). The summed E-state index contributed by atoms with van der Waals surface area (Å²) < 4.78 is 35.0. The van der Waals surface area contributed by atoms with E-state index in [9.17, 15) is 18.0 Å². The average Bonchev–Trinajstić information content (AvgIpc) is 2.62. The maximum Gasteiger partial charge on any atom is 0.405 e. The van der Waals surface area contributed by atoms with E-state index in [2.05, 4.69) is 15.5 Å². The lowest BCUT2D eigenvalue weighted by molar-refractivity contribution is -0.122. The summed E-state index contributed by atoms with van der Waals surface area (Å²) in [6.07, 6.45) is -1.40. The second-order valence-corrected chi connectivity index (χ2v) is 2.76. The Balaban J connectivity index is 2.20. The van der Waals surface area contributed by atoms with Gasteiger partial charge in [-0.3, -0.25) is 5.10 Å². The largest absolute Gasteiger partial charge is 0.405 e. The summed E-state index contributed by atoms with van der Waals surface area (Å²) in [5.41, 5.74) is 0.678. The van der Waals surface area contributed by atoms with Gasteiger partial charge in [-0.1, -0.05) is 0 Å². The lowest BCUT2D eigenvalue weighted by Gasteiger charge is -2.08. The van der Waals surface area contributed by atoms with Crippen molar-refractivity contribution in [3.05, 3.63) is 18.0 Å². The Morgan fingerprint density at radius 3 is 2.73 bits per heavy atom. The number of H-pyrrole nitrogens is 1. The Kier molecular flexibility index (Phi) is 3.53. The number of aromatic nitrogens is 2. The molecule has 0 saturated heterocycles. The number of carbonyl (C=O) groups is 1. The molecule has 1 aromatic heterocycles. The van der Waals surface area contributed by atoms with Crippen LogP contribution in [0.5, 0.6) is 0 Å². The fourth-order valence-electron chi connectivity index (χ4n) is 0.800. The van der Waals surface area contributed by atoms with E-state index in [0.717, 1.165) is 0 Å². The van der Waals surface area contributed by atoms with Crippen LogP contribution >= 0.6 is 0 Å². The van der Waals surface area contributed by atoms with Gasteiger partial charge >= 0.3 is 12.2 Å². The van der Waals surface area contributed by atoms with Crippen molar-refractivity contribution in [1.29, 1.82) is 0 Å². The van der Waals surface area contributed by atoms with Gasteiger partial charge in [0.2, 0.25) is 0 Å². The van der Waals surface area contributed by atoms with Crippen molar-refractivity contribution in [2.24, 2.45) is 0 Å². The molecule has 0 aliphatic carbocycles. The SMILES string of the molecule is O=C(NCc1cn[nH]c1)NCC(F)(F)F. The Morgan fingerprint density at radius 1 is 1.47 bits per heavy atom. The number of carbonyl (C=O) groups excluding carboxylic acids is 1. The number of hydrogen-bond donors (Lipinski definition) is 3. The third kappa shape index (κ3) is 4.89. The Morgan fingerprint density at radius 2 is 2.20 bits per heavy atom. The number of nitrogens with zero attached hydrogens (tertiary/aromatic N) is 1. The highest BCUT2D eigenvalue weighted by molar-refractivity contribution is 5.73. The van der Waals surface area contributed by atoms with E-state index >= 15 is 0 Å². The van der Waals surface area contributed by atoms with Crippen LogP contribution in [-0.2, 0) is 6.54 Å². The highest BCUT2D eigenvalue weighted by atomic mass is 19.4. The summed E-state index contributed by atoms with van der Waals surface area (Å²) in [5.74, 6) is 0. The zero-order valence-corrected chi connectivity index (χ0v) is 7.56. The molecule has 0 atom stereocenters. The molecular weight excluding hydrogens is 213 g/mol. The van der Waals surface area contributed by atoms with Crippen molar-refractivity contribution in [3.8, 4) is 0 Å². The third-order valence-corrected chi connectivity index (χ3v) is 1.46. The number of urea groups is 1. The molecule has 84 valence electrons. The van der Waals surface area contributed by atoms with Crippen molar-refractivity contribution in [2.45, 2.75) is 12.7 Å². The summed E-state index contributed by atoms with van der Waals surface area (Å²) in [7, 11) is 0. The molecule has 1 aromatic rings. The van der Waals surface area contributed by atoms with Crippen molar-refractivity contribution in [1.82, 2.24) is 20.8 Å². The van der Waals surface area contributed by atoms with Crippen LogP contribution in [0.4, 0.5) is 18.0 Å². The average molecular weight is 222 g/mol. The first-order valence-corrected chi connectivity index (χ1v) is 4.03. The molecule has 2 amide bonds. The van der Waals surface area contributed by atoms with E-state index in [4.69, 9.17) is 0 Å². The molecule has 8 heteroatoms. The number of aromatic amines is 1. The quantitative estimate of drug-likeness (QED) is 0.707. The number of nitrogens with one attached hydrogen (secondary N) is 3. The van der Waals surface area contributed by atoms with Crippen molar-refractivity contribution < 1.29 is 18.0 Å². The van der Waals surface area contributed by atoms with Crippen LogP contribution in [0.2, 0.25) is 0 Å². The predicted molar refractivity (Wildman–Crippen MR) is 44.9 cm³/mol. The van der Waals surface area contributed by atoms with Crippen LogP contribution in [0.1, 0.15) is 5.56 Å². The molecular formula is C7H9F3N4O. The van der Waals surface area contributed by atoms with Gasteiger partial charge in [0.1, 0.15) is 6.54 Å². The van der Waals surface area contributed by atoms with Gasteiger partial charge in [0.05, 0.1) is 6.20 Å². The molecule has 1 heterocycles. The van der Waals surface area contributed by atoms with Gasteiger partial charge in [-0.2, -0.15) is 18.3 Å². The number of rotatable bonds is 3. The zero-order valence-electron chi connectivity index (χ0n) is 7.56. The summed E-state index contributed by atoms with van der Waals surface area (Å²) in [6, 6.07) is -0.867. The smallest absolute Gasteiger partial charge is 0.334 e. The van der Waals surface area contributed by atoms with Gasteiger partial charge in [0.25, 0.3) is 0 Å². The maximum atomic E-state index is 11.7. The Bertz CT molecular complexity index is 309. The maximum absolute atomic E-state index is 11.7. The van der Waals surface area contributed by atoms with E-state index in [-0.39, 0.29) is 6.54 Å². The predicted octanol–water partition coefficient (Wildman–Crippen LogP) is 0.771. The fourth-order valence-corrected chi connectivity index (χ4v) is 0.800. The van der Waals surface area contributed by atoms with Crippen molar-refractivity contribution >= 4 is 6.03 Å². The first-order chi connectivity index (χ1) is 6.97. The van der Waals surface area contributed by atoms with Gasteiger partial charge < -0.3 is 10.6 Å². The summed E-state index contributed by atoms with van der Waals surface area (Å²) in [5, 5.41) is 10.0. The lowest BCUT2D eigenvalue weighted by Crippen LogP contribution is -2.40. The van der Waals surface area contributed by atoms with Crippen LogP contribution < -0.4 is 10.6 Å². The normalized spacial score (nSPS) is 11.1. The minimum Gasteiger partial charge on any atom is -0.334 e. The van der Waals surface area contributed by atoms with Crippen LogP contribution in [-0.4, -0.2) is 28.9 Å². The fraction of sp³-hybridized carbons (Fsp3) is 0.429. The Hall–Kier alpha value is -1.73. The second-order valence-electron chi connectivity index (χ2n) is 2.76. The molecule has 0 radical (unpaired) electrons. The summed E-state index contributed by atoms with van der Waals surface area (Å²) in [6.45, 7) is -1.22. The lowest BCUT2D eigenvalue weighted by atomic mass is 10.4. The van der Waals surface area contributed by atoms with Crippen LogP contribution in [0, 0.1) is 0 Å². The first-order valence-electron chi connectivity index (χ1n) is 4.03. The molecule has 5 nitrogen and oxygen atoms in total. The molecule has 0 bridgehead atoms. The van der Waals surface area contributed by atoms with Crippen LogP contribution in [0.15, 0.2) is 12.4 Å². The molecule has 0 unspecified atom stereocenters. The molecule has 1 rings (SSSR count). The summed E-state index contributed by atoms with van der Waals surface area (Å²) in [4.78, 5) is 10.8. The number of alkyl halides is 3. The molecule has 0 fully saturated rings. The van der Waals surface area contributed by atoms with Gasteiger partial charge in [-0.25, -0.2) is 4.79 Å². The van der Waals surface area contributed by atoms with E-state index in [0.29, 0.717) is 5.56 Å². The second kappa shape index (κ2) is 4.67. The molecule has 15 heavy (non-hydrogen) atoms. The van der Waals surface area contributed by atoms with Crippen molar-refractivity contribution in [2.75, 3.05) is 6.54 Å². The van der Waals surface area contributed by atoms with E-state index in [1.165, 1.54) is 12.4 Å².